The Bertz CT molecular complexity index is 1580. The molecule has 0 spiro atoms. The van der Waals surface area contributed by atoms with Crippen LogP contribution in [0.2, 0.25) is 0 Å². The van der Waals surface area contributed by atoms with Crippen LogP contribution in [-0.4, -0.2) is 0 Å². The van der Waals surface area contributed by atoms with E-state index in [0.29, 0.717) is 0 Å². The lowest BCUT2D eigenvalue weighted by Gasteiger charge is -2.12. The molecular formula is C25H14O. The van der Waals surface area contributed by atoms with Crippen LogP contribution in [0.1, 0.15) is 5.56 Å². The van der Waals surface area contributed by atoms with Gasteiger partial charge in [-0.25, -0.2) is 0 Å². The number of hydrogen-bond acceptors (Lipinski definition) is 1. The minimum Gasteiger partial charge on any atom is -0.456 e. The largest absolute Gasteiger partial charge is 0.456 e. The summed E-state index contributed by atoms with van der Waals surface area (Å²) in [6, 6.07) is 24.3. The summed E-state index contributed by atoms with van der Waals surface area (Å²) >= 11 is 0. The lowest BCUT2D eigenvalue weighted by Crippen LogP contribution is -1.85. The highest BCUT2D eigenvalue weighted by Crippen LogP contribution is 2.49. The van der Waals surface area contributed by atoms with E-state index in [9.17, 15) is 0 Å². The summed E-state index contributed by atoms with van der Waals surface area (Å²) in [5.41, 5.74) is 5.83. The Kier molecular flexibility index (Phi) is 2.03. The Labute approximate surface area is 149 Å². The first-order valence-corrected chi connectivity index (χ1v) is 9.04. The van der Waals surface area contributed by atoms with Gasteiger partial charge in [0.1, 0.15) is 11.2 Å². The molecule has 0 amide bonds. The lowest BCUT2D eigenvalue weighted by atomic mass is 9.92. The fraction of sp³-hybridized carbons (Fsp3) is 0.0400. The minimum atomic E-state index is 0.978. The van der Waals surface area contributed by atoms with Gasteiger partial charge in [-0.2, -0.15) is 0 Å². The highest BCUT2D eigenvalue weighted by Gasteiger charge is 2.23. The first-order chi connectivity index (χ1) is 12.8. The van der Waals surface area contributed by atoms with Crippen molar-refractivity contribution in [3.63, 3.8) is 0 Å². The monoisotopic (exact) mass is 330 g/mol. The van der Waals surface area contributed by atoms with Gasteiger partial charge < -0.3 is 4.42 Å². The lowest BCUT2D eigenvalue weighted by molar-refractivity contribution is 0.669. The molecule has 26 heavy (non-hydrogen) atoms. The Balaban J connectivity index is 2.05. The highest BCUT2D eigenvalue weighted by atomic mass is 16.3. The van der Waals surface area contributed by atoms with Crippen LogP contribution in [-0.2, 0) is 0 Å². The first kappa shape index (κ1) is 13.0. The van der Waals surface area contributed by atoms with E-state index in [4.69, 9.17) is 4.42 Å². The maximum absolute atomic E-state index is 6.30. The summed E-state index contributed by atoms with van der Waals surface area (Å²) in [4.78, 5) is 0. The predicted molar refractivity (Wildman–Crippen MR) is 110 cm³/mol. The summed E-state index contributed by atoms with van der Waals surface area (Å²) in [7, 11) is 0. The van der Waals surface area contributed by atoms with Crippen LogP contribution in [0.3, 0.4) is 0 Å². The number of aryl methyl sites for hydroxylation is 1. The minimum absolute atomic E-state index is 0.978. The maximum atomic E-state index is 6.30. The zero-order valence-electron chi connectivity index (χ0n) is 14.3. The molecule has 0 aliphatic heterocycles. The van der Waals surface area contributed by atoms with Crippen molar-refractivity contribution < 1.29 is 4.42 Å². The molecule has 1 aliphatic rings. The van der Waals surface area contributed by atoms with Gasteiger partial charge in [-0.15, -0.1) is 0 Å². The average molecular weight is 330 g/mol. The van der Waals surface area contributed by atoms with E-state index in [1.54, 1.807) is 0 Å². The molecule has 1 heteroatoms. The van der Waals surface area contributed by atoms with Crippen molar-refractivity contribution in [2.45, 2.75) is 6.92 Å². The summed E-state index contributed by atoms with van der Waals surface area (Å²) < 4.78 is 6.30. The first-order valence-electron chi connectivity index (χ1n) is 9.04. The van der Waals surface area contributed by atoms with Gasteiger partial charge in [0.05, 0.1) is 0 Å². The maximum Gasteiger partial charge on any atom is 0.136 e. The van der Waals surface area contributed by atoms with Crippen LogP contribution in [0, 0.1) is 6.92 Å². The molecule has 0 saturated heterocycles. The van der Waals surface area contributed by atoms with Crippen molar-refractivity contribution in [1.82, 2.24) is 0 Å². The summed E-state index contributed by atoms with van der Waals surface area (Å²) in [5, 5.41) is 10.5. The second kappa shape index (κ2) is 4.08. The quantitative estimate of drug-likeness (QED) is 0.265. The van der Waals surface area contributed by atoms with E-state index in [0.717, 1.165) is 11.2 Å². The molecule has 0 atom stereocenters. The molecule has 0 unspecified atom stereocenters. The van der Waals surface area contributed by atoms with Crippen molar-refractivity contribution in [2.75, 3.05) is 0 Å². The van der Waals surface area contributed by atoms with E-state index >= 15 is 0 Å². The van der Waals surface area contributed by atoms with Crippen LogP contribution in [0.15, 0.2) is 71.1 Å². The Morgan fingerprint density at radius 3 is 2.19 bits per heavy atom. The SMILES string of the molecule is Cc1cc2oc3cccc4c3c2c2c1ccc1ccc3cccc-4c3c12. The van der Waals surface area contributed by atoms with Gasteiger partial charge in [0.25, 0.3) is 0 Å². The molecule has 0 saturated carbocycles. The van der Waals surface area contributed by atoms with Crippen LogP contribution in [0.25, 0.3) is 65.4 Å². The zero-order chi connectivity index (χ0) is 17.0. The zero-order valence-corrected chi connectivity index (χ0v) is 14.3. The van der Waals surface area contributed by atoms with E-state index in [1.165, 1.54) is 59.8 Å². The standard InChI is InChI=1S/C25H14O/c1-13-12-20-25-23-18(6-3-7-19(23)26-20)17-5-2-4-14-8-9-15-10-11-16(13)24(25)22(15)21(14)17/h2-12H,1H3. The topological polar surface area (TPSA) is 13.1 Å². The smallest absolute Gasteiger partial charge is 0.136 e. The van der Waals surface area contributed by atoms with Crippen molar-refractivity contribution >= 4 is 54.3 Å². The molecular weight excluding hydrogens is 316 g/mol. The molecule has 120 valence electrons. The molecule has 1 aromatic heterocycles. The number of hydrogen-bond donors (Lipinski definition) is 0. The second-order valence-electron chi connectivity index (χ2n) is 7.40. The van der Waals surface area contributed by atoms with Gasteiger partial charge >= 0.3 is 0 Å². The number of benzene rings is 5. The third-order valence-corrected chi connectivity index (χ3v) is 6.08. The molecule has 7 rings (SSSR count). The average Bonchev–Trinajstić information content (AvgIpc) is 2.98. The van der Waals surface area contributed by atoms with Gasteiger partial charge in [-0.1, -0.05) is 54.6 Å². The van der Waals surface area contributed by atoms with Crippen LogP contribution in [0.4, 0.5) is 0 Å². The molecule has 0 bridgehead atoms. The van der Waals surface area contributed by atoms with E-state index in [-0.39, 0.29) is 0 Å². The predicted octanol–water partition coefficient (Wildman–Crippen LogP) is 7.33. The van der Waals surface area contributed by atoms with Crippen molar-refractivity contribution in [3.8, 4) is 11.1 Å². The summed E-state index contributed by atoms with van der Waals surface area (Å²) in [6.07, 6.45) is 0. The second-order valence-corrected chi connectivity index (χ2v) is 7.40. The van der Waals surface area contributed by atoms with E-state index in [2.05, 4.69) is 73.7 Å². The fourth-order valence-electron chi connectivity index (χ4n) is 5.02. The molecule has 5 aromatic carbocycles. The van der Waals surface area contributed by atoms with Gasteiger partial charge in [0, 0.05) is 16.2 Å². The molecule has 1 nitrogen and oxygen atoms in total. The van der Waals surface area contributed by atoms with Crippen LogP contribution < -0.4 is 0 Å². The van der Waals surface area contributed by atoms with Gasteiger partial charge in [-0.05, 0) is 62.7 Å². The number of fused-ring (bicyclic) bond motifs is 1. The number of furan rings is 1. The Hall–Kier alpha value is -3.32. The molecule has 0 fully saturated rings. The summed E-state index contributed by atoms with van der Waals surface area (Å²) in [6.45, 7) is 2.19. The highest BCUT2D eigenvalue weighted by molar-refractivity contribution is 6.37. The Morgan fingerprint density at radius 1 is 0.577 bits per heavy atom. The third-order valence-electron chi connectivity index (χ3n) is 6.08. The molecule has 1 heterocycles. The third kappa shape index (κ3) is 1.29. The van der Waals surface area contributed by atoms with Crippen LogP contribution in [0.5, 0.6) is 0 Å². The molecule has 0 N–H and O–H groups in total. The molecule has 1 aliphatic carbocycles. The Morgan fingerprint density at radius 2 is 1.31 bits per heavy atom. The molecule has 6 aromatic rings. The van der Waals surface area contributed by atoms with Gasteiger partial charge in [0.2, 0.25) is 0 Å². The fourth-order valence-corrected chi connectivity index (χ4v) is 5.02. The van der Waals surface area contributed by atoms with E-state index < -0.39 is 0 Å². The molecule has 0 radical (unpaired) electrons. The van der Waals surface area contributed by atoms with Crippen molar-refractivity contribution in [1.29, 1.82) is 0 Å². The van der Waals surface area contributed by atoms with Crippen molar-refractivity contribution in [2.24, 2.45) is 0 Å². The van der Waals surface area contributed by atoms with Crippen LogP contribution >= 0.6 is 0 Å². The van der Waals surface area contributed by atoms with Gasteiger partial charge in [0.15, 0.2) is 0 Å². The van der Waals surface area contributed by atoms with Crippen molar-refractivity contribution in [3.05, 3.63) is 72.3 Å². The van der Waals surface area contributed by atoms with Gasteiger partial charge in [-0.3, -0.25) is 0 Å². The number of rotatable bonds is 0. The van der Waals surface area contributed by atoms with E-state index in [1.807, 2.05) is 0 Å². The summed E-state index contributed by atoms with van der Waals surface area (Å²) in [5.74, 6) is 0. The normalized spacial score (nSPS) is 12.8.